The van der Waals surface area contributed by atoms with E-state index in [4.69, 9.17) is 21.1 Å². The summed E-state index contributed by atoms with van der Waals surface area (Å²) in [6.07, 6.45) is 9.36. The van der Waals surface area contributed by atoms with Gasteiger partial charge in [-0.3, -0.25) is 4.79 Å². The second kappa shape index (κ2) is 17.2. The summed E-state index contributed by atoms with van der Waals surface area (Å²) in [4.78, 5) is 12.8. The van der Waals surface area contributed by atoms with E-state index < -0.39 is 18.3 Å². The minimum absolute atomic E-state index is 0.155. The van der Waals surface area contributed by atoms with Gasteiger partial charge in [-0.25, -0.2) is 4.39 Å². The Hall–Kier alpha value is -2.57. The number of aliphatic hydroxyl groups excluding tert-OH is 1. The van der Waals surface area contributed by atoms with Gasteiger partial charge >= 0.3 is 0 Å². The van der Waals surface area contributed by atoms with Crippen molar-refractivity contribution in [3.8, 4) is 11.5 Å². The Labute approximate surface area is 237 Å². The summed E-state index contributed by atoms with van der Waals surface area (Å²) in [7, 11) is 0. The highest BCUT2D eigenvalue weighted by atomic mass is 35.5. The van der Waals surface area contributed by atoms with E-state index in [0.717, 1.165) is 44.3 Å². The van der Waals surface area contributed by atoms with E-state index in [-0.39, 0.29) is 24.9 Å². The van der Waals surface area contributed by atoms with Gasteiger partial charge in [-0.2, -0.15) is 0 Å². The first-order valence-corrected chi connectivity index (χ1v) is 14.7. The van der Waals surface area contributed by atoms with Crippen LogP contribution in [-0.2, 0) is 4.79 Å². The first kappa shape index (κ1) is 31.0. The van der Waals surface area contributed by atoms with Crippen LogP contribution in [0, 0.1) is 5.92 Å². The molecule has 1 saturated carbocycles. The molecule has 7 heteroatoms. The van der Waals surface area contributed by atoms with E-state index in [2.05, 4.69) is 11.9 Å². The zero-order chi connectivity index (χ0) is 27.9. The molecule has 1 amide bonds. The molecule has 5 nitrogen and oxygen atoms in total. The maximum Gasteiger partial charge on any atom is 0.223 e. The molecule has 0 aliphatic heterocycles. The Bertz CT molecular complexity index is 985. The number of allylic oxidation sites excluding steroid dienone is 1. The van der Waals surface area contributed by atoms with Gasteiger partial charge in [0.15, 0.2) is 0 Å². The number of ether oxygens (including phenoxy) is 2. The lowest BCUT2D eigenvalue weighted by Gasteiger charge is -2.26. The number of amides is 1. The number of hydrogen-bond donors (Lipinski definition) is 2. The molecule has 0 saturated heterocycles. The maximum absolute atomic E-state index is 13.7. The first-order chi connectivity index (χ1) is 18.9. The van der Waals surface area contributed by atoms with Crippen LogP contribution in [0.1, 0.15) is 82.3 Å². The van der Waals surface area contributed by atoms with Crippen molar-refractivity contribution in [2.45, 2.75) is 88.9 Å². The number of benzene rings is 2. The van der Waals surface area contributed by atoms with Crippen LogP contribution in [0.5, 0.6) is 11.5 Å². The minimum atomic E-state index is -0.882. The van der Waals surface area contributed by atoms with Gasteiger partial charge in [0, 0.05) is 5.02 Å². The van der Waals surface area contributed by atoms with Gasteiger partial charge in [0.25, 0.3) is 0 Å². The number of aliphatic hydroxyl groups is 1. The summed E-state index contributed by atoms with van der Waals surface area (Å²) in [6, 6.07) is 13.9. The fourth-order valence-electron chi connectivity index (χ4n) is 5.00. The lowest BCUT2D eigenvalue weighted by atomic mass is 9.93. The van der Waals surface area contributed by atoms with E-state index in [9.17, 15) is 14.3 Å². The van der Waals surface area contributed by atoms with Crippen molar-refractivity contribution < 1.29 is 23.8 Å². The predicted octanol–water partition coefficient (Wildman–Crippen LogP) is 7.76. The monoisotopic (exact) mass is 559 g/mol. The number of unbranched alkanes of at least 4 members (excludes halogenated alkanes) is 4. The fourth-order valence-corrected chi connectivity index (χ4v) is 5.13. The Balaban J connectivity index is 1.50. The molecule has 1 aliphatic carbocycles. The van der Waals surface area contributed by atoms with Crippen molar-refractivity contribution in [1.29, 1.82) is 0 Å². The maximum atomic E-state index is 13.7. The Morgan fingerprint density at radius 2 is 1.69 bits per heavy atom. The normalized spacial score (nSPS) is 18.3. The zero-order valence-electron chi connectivity index (χ0n) is 22.8. The molecule has 2 N–H and O–H groups in total. The predicted molar refractivity (Wildman–Crippen MR) is 155 cm³/mol. The van der Waals surface area contributed by atoms with Gasteiger partial charge in [0.1, 0.15) is 17.7 Å². The summed E-state index contributed by atoms with van der Waals surface area (Å²) >= 11 is 5.90. The van der Waals surface area contributed by atoms with Gasteiger partial charge < -0.3 is 19.9 Å². The largest absolute Gasteiger partial charge is 0.494 e. The highest BCUT2D eigenvalue weighted by Crippen LogP contribution is 2.33. The highest BCUT2D eigenvalue weighted by molar-refractivity contribution is 6.30. The van der Waals surface area contributed by atoms with Crippen molar-refractivity contribution in [1.82, 2.24) is 5.32 Å². The number of carbonyl (C=O) groups excluding carboxylic acids is 1. The lowest BCUT2D eigenvalue weighted by Crippen LogP contribution is -2.40. The van der Waals surface area contributed by atoms with Gasteiger partial charge in [-0.05, 0) is 99.2 Å². The van der Waals surface area contributed by atoms with Crippen molar-refractivity contribution in [3.05, 3.63) is 71.8 Å². The topological polar surface area (TPSA) is 67.8 Å². The van der Waals surface area contributed by atoms with E-state index in [1.165, 1.54) is 6.42 Å². The second-order valence-electron chi connectivity index (χ2n) is 10.4. The van der Waals surface area contributed by atoms with Crippen LogP contribution in [0.3, 0.4) is 0 Å². The third-order valence-electron chi connectivity index (χ3n) is 7.30. The number of halogens is 2. The molecule has 2 aromatic carbocycles. The summed E-state index contributed by atoms with van der Waals surface area (Å²) in [5, 5.41) is 14.8. The molecule has 0 bridgehead atoms. The van der Waals surface area contributed by atoms with Crippen LogP contribution in [0.25, 0.3) is 0 Å². The molecule has 4 atom stereocenters. The molecule has 0 heterocycles. The van der Waals surface area contributed by atoms with Crippen molar-refractivity contribution in [2.24, 2.45) is 5.92 Å². The third-order valence-corrected chi connectivity index (χ3v) is 7.55. The molecule has 2 aromatic rings. The van der Waals surface area contributed by atoms with Crippen LogP contribution in [-0.4, -0.2) is 36.4 Å². The van der Waals surface area contributed by atoms with Gasteiger partial charge in [-0.15, -0.1) is 6.58 Å². The van der Waals surface area contributed by atoms with Crippen molar-refractivity contribution >= 4 is 17.5 Å². The number of alkyl halides is 1. The number of hydrogen-bond acceptors (Lipinski definition) is 4. The molecule has 0 spiro atoms. The molecule has 1 fully saturated rings. The Morgan fingerprint density at radius 1 is 1.03 bits per heavy atom. The minimum Gasteiger partial charge on any atom is -0.494 e. The number of rotatable bonds is 18. The fraction of sp³-hybridized carbons (Fsp3) is 0.531. The van der Waals surface area contributed by atoms with Gasteiger partial charge in [-0.1, -0.05) is 42.7 Å². The van der Waals surface area contributed by atoms with Crippen LogP contribution in [0.15, 0.2) is 61.2 Å². The van der Waals surface area contributed by atoms with Crippen LogP contribution < -0.4 is 14.8 Å². The summed E-state index contributed by atoms with van der Waals surface area (Å²) < 4.78 is 25.2. The molecule has 214 valence electrons. The van der Waals surface area contributed by atoms with Crippen molar-refractivity contribution in [3.63, 3.8) is 0 Å². The van der Waals surface area contributed by atoms with Gasteiger partial charge in [0.2, 0.25) is 5.91 Å². The summed E-state index contributed by atoms with van der Waals surface area (Å²) in [5.74, 6) is 1.49. The highest BCUT2D eigenvalue weighted by Gasteiger charge is 2.28. The molecular weight excluding hydrogens is 517 g/mol. The third kappa shape index (κ3) is 11.6. The Kier molecular flexibility index (Phi) is 13.6. The molecule has 3 rings (SSSR count). The number of carbonyl (C=O) groups is 1. The average Bonchev–Trinajstić information content (AvgIpc) is 3.36. The van der Waals surface area contributed by atoms with E-state index in [0.29, 0.717) is 42.2 Å². The van der Waals surface area contributed by atoms with Crippen LogP contribution >= 0.6 is 11.6 Å². The summed E-state index contributed by atoms with van der Waals surface area (Å²) in [6.45, 7) is 4.62. The van der Waals surface area contributed by atoms with Gasteiger partial charge in [0.05, 0.1) is 31.8 Å². The van der Waals surface area contributed by atoms with Crippen LogP contribution in [0.2, 0.25) is 5.02 Å². The Morgan fingerprint density at radius 3 is 2.36 bits per heavy atom. The van der Waals surface area contributed by atoms with E-state index in [1.54, 1.807) is 24.3 Å². The molecular formula is C32H43ClFNO4. The molecule has 0 radical (unpaired) electrons. The first-order valence-electron chi connectivity index (χ1n) is 14.3. The smallest absolute Gasteiger partial charge is 0.223 e. The molecule has 4 unspecified atom stereocenters. The molecule has 0 aromatic heterocycles. The van der Waals surface area contributed by atoms with E-state index >= 15 is 0 Å². The summed E-state index contributed by atoms with van der Waals surface area (Å²) in [5.41, 5.74) is 0.712. The SMILES string of the molecule is C=CCCCCCCOc1ccc(C(O)C(CCC2CCC(F)C2)NC(=O)CCOc2ccc(Cl)cc2)cc1. The standard InChI is InChI=1S/C32H43ClFNO4/c1-2-3-4-5-6-7-21-38-28-15-10-25(11-16-28)32(37)30(19-9-24-8-14-27(34)23-24)35-31(36)20-22-39-29-17-12-26(33)13-18-29/h2,10-13,15-18,24,27,30,32,37H,1,3-9,14,19-23H2,(H,35,36). The quantitative estimate of drug-likeness (QED) is 0.145. The van der Waals surface area contributed by atoms with Crippen molar-refractivity contribution in [2.75, 3.05) is 13.2 Å². The van der Waals surface area contributed by atoms with Crippen LogP contribution in [0.4, 0.5) is 4.39 Å². The molecule has 39 heavy (non-hydrogen) atoms. The number of nitrogens with one attached hydrogen (secondary N) is 1. The lowest BCUT2D eigenvalue weighted by molar-refractivity contribution is -0.123. The second-order valence-corrected chi connectivity index (χ2v) is 10.9. The zero-order valence-corrected chi connectivity index (χ0v) is 23.6. The average molecular weight is 560 g/mol. The molecule has 1 aliphatic rings. The van der Waals surface area contributed by atoms with E-state index in [1.807, 2.05) is 30.3 Å².